The van der Waals surface area contributed by atoms with Gasteiger partial charge in [0, 0.05) is 24.9 Å². The lowest BCUT2D eigenvalue weighted by atomic mass is 10.2. The maximum absolute atomic E-state index is 5.21. The van der Waals surface area contributed by atoms with Gasteiger partial charge in [-0.25, -0.2) is 0 Å². The molecule has 1 aromatic rings. The van der Waals surface area contributed by atoms with Crippen LogP contribution in [-0.4, -0.2) is 32.8 Å². The molecule has 0 amide bonds. The van der Waals surface area contributed by atoms with Gasteiger partial charge in [0.05, 0.1) is 14.2 Å². The summed E-state index contributed by atoms with van der Waals surface area (Å²) in [5, 5.41) is 3.37. The number of thioether (sulfide) groups is 1. The van der Waals surface area contributed by atoms with Crippen LogP contribution in [0.2, 0.25) is 0 Å². The van der Waals surface area contributed by atoms with Gasteiger partial charge in [-0.05, 0) is 24.0 Å². The zero-order valence-electron chi connectivity index (χ0n) is 10.1. The maximum Gasteiger partial charge on any atom is 0.122 e. The Bertz CT molecular complexity index is 296. The van der Waals surface area contributed by atoms with E-state index in [1.165, 1.54) is 5.56 Å². The molecule has 0 bridgehead atoms. The van der Waals surface area contributed by atoms with E-state index in [9.17, 15) is 0 Å². The third-order valence-corrected chi connectivity index (χ3v) is 2.84. The van der Waals surface area contributed by atoms with Gasteiger partial charge in [0.1, 0.15) is 11.5 Å². The Morgan fingerprint density at radius 1 is 1.12 bits per heavy atom. The van der Waals surface area contributed by atoms with Crippen molar-refractivity contribution in [3.05, 3.63) is 23.8 Å². The van der Waals surface area contributed by atoms with Gasteiger partial charge in [0.25, 0.3) is 0 Å². The minimum absolute atomic E-state index is 0.834. The van der Waals surface area contributed by atoms with Crippen molar-refractivity contribution >= 4 is 11.8 Å². The fourth-order valence-electron chi connectivity index (χ4n) is 1.38. The molecule has 0 aromatic heterocycles. The molecule has 1 aromatic carbocycles. The largest absolute Gasteiger partial charge is 0.497 e. The van der Waals surface area contributed by atoms with E-state index < -0.39 is 0 Å². The minimum atomic E-state index is 0.834. The Morgan fingerprint density at radius 2 is 1.75 bits per heavy atom. The molecular weight excluding hydrogens is 222 g/mol. The third-order valence-electron chi connectivity index (χ3n) is 2.22. The number of rotatable bonds is 7. The van der Waals surface area contributed by atoms with Crippen LogP contribution in [0.5, 0.6) is 11.5 Å². The Labute approximate surface area is 102 Å². The summed E-state index contributed by atoms with van der Waals surface area (Å²) in [5.74, 6) is 2.79. The van der Waals surface area contributed by atoms with Crippen molar-refractivity contribution in [3.63, 3.8) is 0 Å². The zero-order valence-corrected chi connectivity index (χ0v) is 10.9. The first kappa shape index (κ1) is 13.2. The molecule has 16 heavy (non-hydrogen) atoms. The minimum Gasteiger partial charge on any atom is -0.497 e. The summed E-state index contributed by atoms with van der Waals surface area (Å²) in [4.78, 5) is 0. The number of ether oxygens (including phenoxy) is 2. The summed E-state index contributed by atoms with van der Waals surface area (Å²) in [7, 11) is 3.33. The molecule has 0 aliphatic rings. The highest BCUT2D eigenvalue weighted by Crippen LogP contribution is 2.22. The molecule has 0 radical (unpaired) electrons. The van der Waals surface area contributed by atoms with E-state index in [0.717, 1.165) is 30.3 Å². The first-order valence-electron chi connectivity index (χ1n) is 5.21. The topological polar surface area (TPSA) is 30.5 Å². The van der Waals surface area contributed by atoms with Crippen LogP contribution in [0.25, 0.3) is 0 Å². The smallest absolute Gasteiger partial charge is 0.122 e. The average Bonchev–Trinajstić information content (AvgIpc) is 2.34. The fraction of sp³-hybridized carbons (Fsp3) is 0.500. The summed E-state index contributed by atoms with van der Waals surface area (Å²) >= 11 is 1.84. The van der Waals surface area contributed by atoms with Crippen LogP contribution in [0.1, 0.15) is 5.56 Å². The second kappa shape index (κ2) is 7.41. The van der Waals surface area contributed by atoms with Crippen molar-refractivity contribution in [2.75, 3.05) is 32.8 Å². The molecule has 4 heteroatoms. The van der Waals surface area contributed by atoms with Crippen LogP contribution < -0.4 is 14.8 Å². The van der Waals surface area contributed by atoms with Crippen molar-refractivity contribution in [1.82, 2.24) is 5.32 Å². The van der Waals surface area contributed by atoms with E-state index in [0.29, 0.717) is 0 Å². The van der Waals surface area contributed by atoms with Gasteiger partial charge in [-0.2, -0.15) is 11.8 Å². The zero-order chi connectivity index (χ0) is 11.8. The Balaban J connectivity index is 2.57. The van der Waals surface area contributed by atoms with Crippen molar-refractivity contribution < 1.29 is 9.47 Å². The highest BCUT2D eigenvalue weighted by molar-refractivity contribution is 7.98. The maximum atomic E-state index is 5.21. The molecule has 0 atom stereocenters. The van der Waals surface area contributed by atoms with Gasteiger partial charge in [0.2, 0.25) is 0 Å². The van der Waals surface area contributed by atoms with Crippen LogP contribution in [0, 0.1) is 0 Å². The first-order chi connectivity index (χ1) is 7.80. The van der Waals surface area contributed by atoms with Crippen LogP contribution >= 0.6 is 11.8 Å². The number of benzene rings is 1. The van der Waals surface area contributed by atoms with Crippen LogP contribution in [0.15, 0.2) is 18.2 Å². The summed E-state index contributed by atoms with van der Waals surface area (Å²) in [5.41, 5.74) is 1.18. The van der Waals surface area contributed by atoms with Crippen molar-refractivity contribution in [1.29, 1.82) is 0 Å². The molecule has 0 spiro atoms. The molecule has 0 saturated heterocycles. The molecule has 0 unspecified atom stereocenters. The Morgan fingerprint density at radius 3 is 2.25 bits per heavy atom. The highest BCUT2D eigenvalue weighted by Gasteiger charge is 2.01. The van der Waals surface area contributed by atoms with Gasteiger partial charge >= 0.3 is 0 Å². The second-order valence-electron chi connectivity index (χ2n) is 3.39. The van der Waals surface area contributed by atoms with E-state index in [1.54, 1.807) is 14.2 Å². The molecule has 90 valence electrons. The normalized spacial score (nSPS) is 10.2. The predicted octanol–water partition coefficient (Wildman–Crippen LogP) is 2.16. The Kier molecular flexibility index (Phi) is 6.11. The van der Waals surface area contributed by atoms with Crippen molar-refractivity contribution in [3.8, 4) is 11.5 Å². The first-order valence-corrected chi connectivity index (χ1v) is 6.61. The number of hydrogen-bond acceptors (Lipinski definition) is 4. The summed E-state index contributed by atoms with van der Waals surface area (Å²) in [6, 6.07) is 5.93. The van der Waals surface area contributed by atoms with Crippen LogP contribution in [0.4, 0.5) is 0 Å². The van der Waals surface area contributed by atoms with Crippen LogP contribution in [0.3, 0.4) is 0 Å². The van der Waals surface area contributed by atoms with Crippen LogP contribution in [-0.2, 0) is 6.54 Å². The van der Waals surface area contributed by atoms with E-state index in [2.05, 4.69) is 11.6 Å². The second-order valence-corrected chi connectivity index (χ2v) is 4.38. The lowest BCUT2D eigenvalue weighted by Crippen LogP contribution is -2.16. The fourth-order valence-corrected chi connectivity index (χ4v) is 1.72. The Hall–Kier alpha value is -0.870. The molecular formula is C12H19NO2S. The van der Waals surface area contributed by atoms with E-state index in [1.807, 2.05) is 30.0 Å². The van der Waals surface area contributed by atoms with E-state index >= 15 is 0 Å². The lowest BCUT2D eigenvalue weighted by Gasteiger charge is -2.09. The summed E-state index contributed by atoms with van der Waals surface area (Å²) < 4.78 is 10.4. The van der Waals surface area contributed by atoms with E-state index in [-0.39, 0.29) is 0 Å². The highest BCUT2D eigenvalue weighted by atomic mass is 32.2. The number of hydrogen-bond donors (Lipinski definition) is 1. The summed E-state index contributed by atoms with van der Waals surface area (Å²) in [6.45, 7) is 1.86. The average molecular weight is 241 g/mol. The van der Waals surface area contributed by atoms with E-state index in [4.69, 9.17) is 9.47 Å². The quantitative estimate of drug-likeness (QED) is 0.741. The molecule has 1 N–H and O–H groups in total. The molecule has 0 heterocycles. The third kappa shape index (κ3) is 4.33. The molecule has 0 aliphatic carbocycles. The van der Waals surface area contributed by atoms with Gasteiger partial charge in [0.15, 0.2) is 0 Å². The molecule has 0 fully saturated rings. The predicted molar refractivity (Wildman–Crippen MR) is 69.6 cm³/mol. The number of methoxy groups -OCH3 is 2. The SMILES string of the molecule is COc1cc(CNCCSC)cc(OC)c1. The van der Waals surface area contributed by atoms with Gasteiger partial charge in [-0.1, -0.05) is 0 Å². The van der Waals surface area contributed by atoms with Gasteiger partial charge < -0.3 is 14.8 Å². The molecule has 0 saturated carbocycles. The number of nitrogens with one attached hydrogen (secondary N) is 1. The van der Waals surface area contributed by atoms with Gasteiger partial charge in [-0.3, -0.25) is 0 Å². The molecule has 1 rings (SSSR count). The standard InChI is InChI=1S/C12H19NO2S/c1-14-11-6-10(7-12(8-11)15-2)9-13-4-5-16-3/h6-8,13H,4-5,9H2,1-3H3. The molecule has 3 nitrogen and oxygen atoms in total. The van der Waals surface area contributed by atoms with Crippen molar-refractivity contribution in [2.24, 2.45) is 0 Å². The van der Waals surface area contributed by atoms with Gasteiger partial charge in [-0.15, -0.1) is 0 Å². The molecule has 0 aliphatic heterocycles. The lowest BCUT2D eigenvalue weighted by molar-refractivity contribution is 0.393. The summed E-state index contributed by atoms with van der Waals surface area (Å²) in [6.07, 6.45) is 2.11. The monoisotopic (exact) mass is 241 g/mol. The van der Waals surface area contributed by atoms with Crippen molar-refractivity contribution in [2.45, 2.75) is 6.54 Å².